The zero-order valence-corrected chi connectivity index (χ0v) is 14.5. The van der Waals surface area contributed by atoms with Gasteiger partial charge in [-0.25, -0.2) is 4.98 Å². The molecule has 6 heteroatoms. The van der Waals surface area contributed by atoms with Gasteiger partial charge in [-0.15, -0.1) is 0 Å². The predicted molar refractivity (Wildman–Crippen MR) is 96.4 cm³/mol. The fraction of sp³-hybridized carbons (Fsp3) is 0.526. The summed E-state index contributed by atoms with van der Waals surface area (Å²) >= 11 is 0. The maximum absolute atomic E-state index is 13.0. The Balaban J connectivity index is 1.46. The average molecular weight is 339 g/mol. The lowest BCUT2D eigenvalue weighted by Gasteiger charge is -2.37. The molecule has 25 heavy (non-hydrogen) atoms. The summed E-state index contributed by atoms with van der Waals surface area (Å²) in [6.07, 6.45) is 8.94. The molecule has 0 N–H and O–H groups in total. The van der Waals surface area contributed by atoms with Crippen LogP contribution in [0.15, 0.2) is 36.9 Å². The minimum absolute atomic E-state index is 0.220. The molecule has 1 aromatic heterocycles. The highest BCUT2D eigenvalue weighted by molar-refractivity contribution is 5.96. The number of fused-ring (bicyclic) bond motifs is 1. The molecule has 1 amide bonds. The van der Waals surface area contributed by atoms with Crippen LogP contribution in [-0.2, 0) is 17.8 Å². The Morgan fingerprint density at radius 3 is 2.96 bits per heavy atom. The summed E-state index contributed by atoms with van der Waals surface area (Å²) in [6.45, 7) is 3.12. The molecule has 0 spiro atoms. The van der Waals surface area contributed by atoms with Crippen molar-refractivity contribution >= 4 is 11.6 Å². The zero-order valence-electron chi connectivity index (χ0n) is 14.5. The van der Waals surface area contributed by atoms with Crippen molar-refractivity contribution in [1.82, 2.24) is 19.7 Å². The van der Waals surface area contributed by atoms with Gasteiger partial charge < -0.3 is 4.90 Å². The van der Waals surface area contributed by atoms with Gasteiger partial charge in [-0.2, -0.15) is 5.10 Å². The van der Waals surface area contributed by atoms with Gasteiger partial charge in [0.05, 0.1) is 13.1 Å². The molecule has 6 nitrogen and oxygen atoms in total. The summed E-state index contributed by atoms with van der Waals surface area (Å²) in [6, 6.07) is 8.67. The molecule has 132 valence electrons. The molecule has 0 aliphatic carbocycles. The SMILES string of the molecule is O=C(CN1CCCC[C@H]1Cn1cncn1)N1CCCc2ccccc21. The second-order valence-corrected chi connectivity index (χ2v) is 7.02. The van der Waals surface area contributed by atoms with E-state index >= 15 is 0 Å². The zero-order chi connectivity index (χ0) is 17.1. The van der Waals surface area contributed by atoms with E-state index in [2.05, 4.69) is 33.2 Å². The second kappa shape index (κ2) is 7.35. The number of anilines is 1. The lowest BCUT2D eigenvalue weighted by molar-refractivity contribution is -0.120. The summed E-state index contributed by atoms with van der Waals surface area (Å²) in [7, 11) is 0. The van der Waals surface area contributed by atoms with Crippen LogP contribution in [0, 0.1) is 0 Å². The first-order chi connectivity index (χ1) is 12.3. The first kappa shape index (κ1) is 16.3. The van der Waals surface area contributed by atoms with Crippen LogP contribution in [0.5, 0.6) is 0 Å². The van der Waals surface area contributed by atoms with E-state index in [0.29, 0.717) is 12.6 Å². The molecule has 1 fully saturated rings. The topological polar surface area (TPSA) is 54.3 Å². The van der Waals surface area contributed by atoms with Crippen LogP contribution in [0.1, 0.15) is 31.2 Å². The first-order valence-corrected chi connectivity index (χ1v) is 9.26. The van der Waals surface area contributed by atoms with Gasteiger partial charge in [-0.05, 0) is 43.9 Å². The number of benzene rings is 1. The molecular weight excluding hydrogens is 314 g/mol. The number of aromatic nitrogens is 3. The Kier molecular flexibility index (Phi) is 4.78. The maximum Gasteiger partial charge on any atom is 0.241 e. The summed E-state index contributed by atoms with van der Waals surface area (Å²) < 4.78 is 1.88. The van der Waals surface area contributed by atoms with Crippen molar-refractivity contribution in [3.8, 4) is 0 Å². The molecule has 0 radical (unpaired) electrons. The third-order valence-corrected chi connectivity index (χ3v) is 5.36. The molecular formula is C19H25N5O. The number of hydrogen-bond acceptors (Lipinski definition) is 4. The number of piperidine rings is 1. The number of para-hydroxylation sites is 1. The van der Waals surface area contributed by atoms with E-state index in [9.17, 15) is 4.79 Å². The van der Waals surface area contributed by atoms with Crippen LogP contribution >= 0.6 is 0 Å². The van der Waals surface area contributed by atoms with Gasteiger partial charge in [0, 0.05) is 18.3 Å². The molecule has 4 rings (SSSR count). The van der Waals surface area contributed by atoms with Gasteiger partial charge >= 0.3 is 0 Å². The standard InChI is InChI=1S/C19H25N5O/c25-19(24-11-5-7-16-6-1-2-9-18(16)24)13-22-10-4-3-8-17(22)12-23-15-20-14-21-23/h1-2,6,9,14-15,17H,3-5,7-8,10-13H2/t17-/m0/s1. The Labute approximate surface area is 148 Å². The fourth-order valence-electron chi connectivity index (χ4n) is 4.07. The number of likely N-dealkylation sites (tertiary alicyclic amines) is 1. The minimum atomic E-state index is 0.220. The molecule has 2 aliphatic rings. The van der Waals surface area contributed by atoms with Gasteiger partial charge in [0.15, 0.2) is 0 Å². The molecule has 1 aromatic carbocycles. The van der Waals surface area contributed by atoms with Crippen molar-refractivity contribution in [3.05, 3.63) is 42.5 Å². The second-order valence-electron chi connectivity index (χ2n) is 7.02. The van der Waals surface area contributed by atoms with Crippen molar-refractivity contribution in [2.24, 2.45) is 0 Å². The summed E-state index contributed by atoms with van der Waals surface area (Å²) in [5.74, 6) is 0.220. The van der Waals surface area contributed by atoms with E-state index < -0.39 is 0 Å². The number of carbonyl (C=O) groups excluding carboxylic acids is 1. The van der Waals surface area contributed by atoms with E-state index in [1.54, 1.807) is 12.7 Å². The lowest BCUT2D eigenvalue weighted by Crippen LogP contribution is -2.49. The molecule has 1 saturated heterocycles. The highest BCUT2D eigenvalue weighted by Gasteiger charge is 2.28. The smallest absolute Gasteiger partial charge is 0.241 e. The lowest BCUT2D eigenvalue weighted by atomic mass is 10.0. The van der Waals surface area contributed by atoms with Crippen molar-refractivity contribution in [1.29, 1.82) is 0 Å². The van der Waals surface area contributed by atoms with Crippen molar-refractivity contribution < 1.29 is 4.79 Å². The Morgan fingerprint density at radius 2 is 2.08 bits per heavy atom. The van der Waals surface area contributed by atoms with Crippen molar-refractivity contribution in [2.75, 3.05) is 24.5 Å². The van der Waals surface area contributed by atoms with Crippen molar-refractivity contribution in [2.45, 2.75) is 44.7 Å². The van der Waals surface area contributed by atoms with Crippen LogP contribution in [0.4, 0.5) is 5.69 Å². The van der Waals surface area contributed by atoms with E-state index in [1.807, 2.05) is 15.6 Å². The largest absolute Gasteiger partial charge is 0.311 e. The fourth-order valence-corrected chi connectivity index (χ4v) is 4.07. The van der Waals surface area contributed by atoms with Gasteiger partial charge in [0.1, 0.15) is 12.7 Å². The van der Waals surface area contributed by atoms with Crippen LogP contribution < -0.4 is 4.90 Å². The number of amides is 1. The average Bonchev–Trinajstić information content (AvgIpc) is 3.16. The van der Waals surface area contributed by atoms with Crippen LogP contribution in [-0.4, -0.2) is 51.2 Å². The van der Waals surface area contributed by atoms with Gasteiger partial charge in [-0.1, -0.05) is 24.6 Å². The van der Waals surface area contributed by atoms with E-state index in [-0.39, 0.29) is 5.91 Å². The highest BCUT2D eigenvalue weighted by Crippen LogP contribution is 2.27. The molecule has 0 bridgehead atoms. The van der Waals surface area contributed by atoms with Gasteiger partial charge in [-0.3, -0.25) is 14.4 Å². The third-order valence-electron chi connectivity index (χ3n) is 5.36. The van der Waals surface area contributed by atoms with Crippen LogP contribution in [0.25, 0.3) is 0 Å². The number of carbonyl (C=O) groups is 1. The van der Waals surface area contributed by atoms with Gasteiger partial charge in [0.2, 0.25) is 5.91 Å². The van der Waals surface area contributed by atoms with Crippen LogP contribution in [0.2, 0.25) is 0 Å². The van der Waals surface area contributed by atoms with Crippen LogP contribution in [0.3, 0.4) is 0 Å². The predicted octanol–water partition coefficient (Wildman–Crippen LogP) is 2.11. The van der Waals surface area contributed by atoms with E-state index in [1.165, 1.54) is 12.0 Å². The maximum atomic E-state index is 13.0. The normalized spacial score (nSPS) is 21.1. The van der Waals surface area contributed by atoms with E-state index in [0.717, 1.165) is 51.0 Å². The molecule has 3 heterocycles. The van der Waals surface area contributed by atoms with E-state index in [4.69, 9.17) is 0 Å². The Morgan fingerprint density at radius 1 is 1.16 bits per heavy atom. The summed E-state index contributed by atoms with van der Waals surface area (Å²) in [4.78, 5) is 21.4. The monoisotopic (exact) mass is 339 g/mol. The Bertz CT molecular complexity index is 714. The highest BCUT2D eigenvalue weighted by atomic mass is 16.2. The molecule has 1 atom stereocenters. The Hall–Kier alpha value is -2.21. The first-order valence-electron chi connectivity index (χ1n) is 9.26. The molecule has 2 aromatic rings. The quantitative estimate of drug-likeness (QED) is 0.856. The van der Waals surface area contributed by atoms with Crippen molar-refractivity contribution in [3.63, 3.8) is 0 Å². The summed E-state index contributed by atoms with van der Waals surface area (Å²) in [5, 5.41) is 4.23. The number of nitrogens with zero attached hydrogens (tertiary/aromatic N) is 5. The number of aryl methyl sites for hydroxylation is 1. The summed E-state index contributed by atoms with van der Waals surface area (Å²) in [5.41, 5.74) is 2.39. The third kappa shape index (κ3) is 3.58. The molecule has 0 unspecified atom stereocenters. The number of hydrogen-bond donors (Lipinski definition) is 0. The van der Waals surface area contributed by atoms with Gasteiger partial charge in [0.25, 0.3) is 0 Å². The molecule has 2 aliphatic heterocycles. The molecule has 0 saturated carbocycles. The number of rotatable bonds is 4. The minimum Gasteiger partial charge on any atom is -0.311 e.